The number of halogens is 2. The van der Waals surface area contributed by atoms with E-state index in [-0.39, 0.29) is 24.3 Å². The maximum Gasteiger partial charge on any atom is 0.319 e. The van der Waals surface area contributed by atoms with Gasteiger partial charge in [-0.05, 0) is 48.7 Å². The van der Waals surface area contributed by atoms with Crippen molar-refractivity contribution in [1.82, 2.24) is 10.6 Å². The van der Waals surface area contributed by atoms with Gasteiger partial charge in [0.2, 0.25) is 0 Å². The van der Waals surface area contributed by atoms with Crippen molar-refractivity contribution in [3.63, 3.8) is 0 Å². The lowest BCUT2D eigenvalue weighted by Crippen LogP contribution is -2.29. The van der Waals surface area contributed by atoms with Gasteiger partial charge >= 0.3 is 6.03 Å². The molecule has 0 radical (unpaired) electrons. The molecule has 0 atom stereocenters. The Kier molecular flexibility index (Phi) is 5.19. The topological polar surface area (TPSA) is 70.2 Å². The zero-order valence-electron chi connectivity index (χ0n) is 13.3. The van der Waals surface area contributed by atoms with E-state index in [4.69, 9.17) is 11.6 Å². The summed E-state index contributed by atoms with van der Waals surface area (Å²) >= 11 is 6.07. The monoisotopic (exact) mass is 361 g/mol. The lowest BCUT2D eigenvalue weighted by atomic mass is 10.2. The van der Waals surface area contributed by atoms with Gasteiger partial charge in [-0.3, -0.25) is 4.79 Å². The summed E-state index contributed by atoms with van der Waals surface area (Å²) in [6.45, 7) is 0.259. The molecule has 1 fully saturated rings. The molecule has 0 spiro atoms. The van der Waals surface area contributed by atoms with Gasteiger partial charge in [0.15, 0.2) is 0 Å². The lowest BCUT2D eigenvalue weighted by molar-refractivity contribution is 0.0951. The van der Waals surface area contributed by atoms with Crippen LogP contribution in [0, 0.1) is 5.82 Å². The number of carbonyl (C=O) groups is 2. The highest BCUT2D eigenvalue weighted by Crippen LogP contribution is 2.23. The number of nitrogens with one attached hydrogen (secondary N) is 3. The molecule has 0 bridgehead atoms. The van der Waals surface area contributed by atoms with E-state index in [1.165, 1.54) is 18.2 Å². The predicted octanol–water partition coefficient (Wildman–Crippen LogP) is 3.69. The second-order valence-electron chi connectivity index (χ2n) is 5.88. The maximum atomic E-state index is 12.8. The molecule has 0 aromatic heterocycles. The third-order valence-electron chi connectivity index (χ3n) is 3.75. The van der Waals surface area contributed by atoms with Crippen LogP contribution in [0.4, 0.5) is 14.9 Å². The van der Waals surface area contributed by atoms with Crippen molar-refractivity contribution in [1.29, 1.82) is 0 Å². The fourth-order valence-corrected chi connectivity index (χ4v) is 2.43. The summed E-state index contributed by atoms with van der Waals surface area (Å²) in [5.41, 5.74) is 1.56. The number of carbonyl (C=O) groups excluding carboxylic acids is 2. The number of amides is 3. The minimum Gasteiger partial charge on any atom is -0.349 e. The number of hydrogen-bond acceptors (Lipinski definition) is 2. The van der Waals surface area contributed by atoms with Crippen molar-refractivity contribution in [2.45, 2.75) is 25.4 Å². The first kappa shape index (κ1) is 17.2. The molecule has 130 valence electrons. The van der Waals surface area contributed by atoms with Crippen LogP contribution in [0.2, 0.25) is 5.02 Å². The Hall–Kier alpha value is -2.60. The second-order valence-corrected chi connectivity index (χ2v) is 6.28. The highest BCUT2D eigenvalue weighted by atomic mass is 35.5. The maximum absolute atomic E-state index is 12.8. The third kappa shape index (κ3) is 4.93. The Morgan fingerprint density at radius 2 is 1.84 bits per heavy atom. The Bertz CT molecular complexity index is 791. The fourth-order valence-electron chi connectivity index (χ4n) is 2.23. The standard InChI is InChI=1S/C18H17ClFN3O2/c19-16-8-7-14(9-15(16)17(24)22-13-5-6-13)23-18(25)21-10-11-1-3-12(20)4-2-11/h1-4,7-9,13H,5-6,10H2,(H,22,24)(H2,21,23,25). The molecule has 3 amide bonds. The zero-order valence-corrected chi connectivity index (χ0v) is 14.1. The summed E-state index contributed by atoms with van der Waals surface area (Å²) in [4.78, 5) is 24.1. The van der Waals surface area contributed by atoms with Gasteiger partial charge in [0, 0.05) is 18.3 Å². The summed E-state index contributed by atoms with van der Waals surface area (Å²) in [6, 6.07) is 10.4. The highest BCUT2D eigenvalue weighted by molar-refractivity contribution is 6.34. The average molecular weight is 362 g/mol. The van der Waals surface area contributed by atoms with Crippen LogP contribution >= 0.6 is 11.6 Å². The first-order valence-electron chi connectivity index (χ1n) is 7.91. The van der Waals surface area contributed by atoms with Gasteiger partial charge in [0.25, 0.3) is 5.91 Å². The van der Waals surface area contributed by atoms with E-state index >= 15 is 0 Å². The van der Waals surface area contributed by atoms with Crippen LogP contribution in [-0.2, 0) is 6.54 Å². The molecular weight excluding hydrogens is 345 g/mol. The number of hydrogen-bond donors (Lipinski definition) is 3. The number of rotatable bonds is 5. The van der Waals surface area contributed by atoms with Crippen LogP contribution in [0.25, 0.3) is 0 Å². The van der Waals surface area contributed by atoms with E-state index in [0.717, 1.165) is 18.4 Å². The molecule has 0 unspecified atom stereocenters. The second kappa shape index (κ2) is 7.53. The van der Waals surface area contributed by atoms with Crippen LogP contribution in [0.1, 0.15) is 28.8 Å². The van der Waals surface area contributed by atoms with Gasteiger partial charge in [0.1, 0.15) is 5.82 Å². The summed E-state index contributed by atoms with van der Waals surface area (Å²) < 4.78 is 12.8. The predicted molar refractivity (Wildman–Crippen MR) is 94.2 cm³/mol. The van der Waals surface area contributed by atoms with Gasteiger partial charge in [-0.1, -0.05) is 23.7 Å². The van der Waals surface area contributed by atoms with Crippen molar-refractivity contribution in [3.05, 3.63) is 64.4 Å². The largest absolute Gasteiger partial charge is 0.349 e. The third-order valence-corrected chi connectivity index (χ3v) is 4.08. The minimum absolute atomic E-state index is 0.221. The van der Waals surface area contributed by atoms with Gasteiger partial charge in [-0.2, -0.15) is 0 Å². The van der Waals surface area contributed by atoms with Crippen molar-refractivity contribution in [3.8, 4) is 0 Å². The minimum atomic E-state index is -0.430. The molecule has 2 aromatic carbocycles. The Morgan fingerprint density at radius 3 is 2.52 bits per heavy atom. The number of benzene rings is 2. The van der Waals surface area contributed by atoms with Crippen LogP contribution in [-0.4, -0.2) is 18.0 Å². The van der Waals surface area contributed by atoms with E-state index < -0.39 is 6.03 Å². The molecule has 0 aliphatic heterocycles. The molecule has 1 aliphatic rings. The summed E-state index contributed by atoms with van der Waals surface area (Å²) in [5.74, 6) is -0.575. The Morgan fingerprint density at radius 1 is 1.12 bits per heavy atom. The van der Waals surface area contributed by atoms with Gasteiger partial charge < -0.3 is 16.0 Å². The fraction of sp³-hybridized carbons (Fsp3) is 0.222. The van der Waals surface area contributed by atoms with Crippen molar-refractivity contribution in [2.24, 2.45) is 0 Å². The van der Waals surface area contributed by atoms with Crippen molar-refractivity contribution >= 4 is 29.2 Å². The zero-order chi connectivity index (χ0) is 17.8. The molecule has 3 N–H and O–H groups in total. The molecule has 2 aromatic rings. The smallest absolute Gasteiger partial charge is 0.319 e. The van der Waals surface area contributed by atoms with Crippen LogP contribution < -0.4 is 16.0 Å². The van der Waals surface area contributed by atoms with Gasteiger partial charge in [-0.25, -0.2) is 9.18 Å². The average Bonchev–Trinajstić information content (AvgIpc) is 3.40. The molecule has 0 heterocycles. The molecule has 7 heteroatoms. The van der Waals surface area contributed by atoms with E-state index in [2.05, 4.69) is 16.0 Å². The van der Waals surface area contributed by atoms with E-state index in [1.54, 1.807) is 24.3 Å². The highest BCUT2D eigenvalue weighted by Gasteiger charge is 2.24. The van der Waals surface area contributed by atoms with Crippen molar-refractivity contribution < 1.29 is 14.0 Å². The number of urea groups is 1. The molecule has 5 nitrogen and oxygen atoms in total. The Labute approximate surface area is 149 Å². The number of anilines is 1. The summed E-state index contributed by atoms with van der Waals surface area (Å²) in [5, 5.41) is 8.51. The van der Waals surface area contributed by atoms with Crippen LogP contribution in [0.3, 0.4) is 0 Å². The van der Waals surface area contributed by atoms with Gasteiger partial charge in [0.05, 0.1) is 10.6 Å². The molecule has 1 saturated carbocycles. The molecular formula is C18H17ClFN3O2. The summed E-state index contributed by atoms with van der Waals surface area (Å²) in [6.07, 6.45) is 1.96. The quantitative estimate of drug-likeness (QED) is 0.760. The molecule has 25 heavy (non-hydrogen) atoms. The van der Waals surface area contributed by atoms with Crippen molar-refractivity contribution in [2.75, 3.05) is 5.32 Å². The Balaban J connectivity index is 1.58. The van der Waals surface area contributed by atoms with Crippen LogP contribution in [0.5, 0.6) is 0 Å². The molecule has 3 rings (SSSR count). The first-order chi connectivity index (χ1) is 12.0. The first-order valence-corrected chi connectivity index (χ1v) is 8.29. The van der Waals surface area contributed by atoms with Crippen LogP contribution in [0.15, 0.2) is 42.5 Å². The summed E-state index contributed by atoms with van der Waals surface area (Å²) in [7, 11) is 0. The molecule has 0 saturated heterocycles. The SMILES string of the molecule is O=C(NCc1ccc(F)cc1)Nc1ccc(Cl)c(C(=O)NC2CC2)c1. The van der Waals surface area contributed by atoms with E-state index in [1.807, 2.05) is 0 Å². The van der Waals surface area contributed by atoms with Gasteiger partial charge in [-0.15, -0.1) is 0 Å². The van der Waals surface area contributed by atoms with E-state index in [0.29, 0.717) is 16.3 Å². The lowest BCUT2D eigenvalue weighted by Gasteiger charge is -2.10. The normalized spacial score (nSPS) is 13.2. The van der Waals surface area contributed by atoms with E-state index in [9.17, 15) is 14.0 Å². The molecule has 1 aliphatic carbocycles.